The number of hydrogen-bond acceptors (Lipinski definition) is 3. The van der Waals surface area contributed by atoms with Crippen molar-refractivity contribution >= 4 is 11.6 Å². The normalized spacial score (nSPS) is 10.6. The summed E-state index contributed by atoms with van der Waals surface area (Å²) in [5.74, 6) is 1.04. The van der Waals surface area contributed by atoms with E-state index in [1.807, 2.05) is 6.92 Å². The monoisotopic (exact) mass is 264 g/mol. The third-order valence-corrected chi connectivity index (χ3v) is 2.96. The first kappa shape index (κ1) is 15.3. The Morgan fingerprint density at radius 3 is 2.68 bits per heavy atom. The Morgan fingerprint density at radius 1 is 1.42 bits per heavy atom. The molecule has 0 bridgehead atoms. The van der Waals surface area contributed by atoms with Crippen molar-refractivity contribution in [3.63, 3.8) is 0 Å². The van der Waals surface area contributed by atoms with Crippen molar-refractivity contribution in [1.29, 1.82) is 0 Å². The Labute approximate surface area is 115 Å². The van der Waals surface area contributed by atoms with E-state index < -0.39 is 0 Å². The standard InChI is InChI=1S/C15H24N2O2/c1-5-19-13-8-6-7-12(16)14(13)15(18)17(4)10-9-11(2)3/h6-8,11H,5,9-10,16H2,1-4H3. The largest absolute Gasteiger partial charge is 0.493 e. The molecule has 0 heterocycles. The van der Waals surface area contributed by atoms with Gasteiger partial charge in [-0.2, -0.15) is 0 Å². The lowest BCUT2D eigenvalue weighted by Gasteiger charge is -2.21. The summed E-state index contributed by atoms with van der Waals surface area (Å²) in [4.78, 5) is 14.1. The summed E-state index contributed by atoms with van der Waals surface area (Å²) in [7, 11) is 1.80. The van der Waals surface area contributed by atoms with E-state index in [1.165, 1.54) is 0 Å². The van der Waals surface area contributed by atoms with Gasteiger partial charge in [0.25, 0.3) is 5.91 Å². The highest BCUT2D eigenvalue weighted by atomic mass is 16.5. The van der Waals surface area contributed by atoms with Gasteiger partial charge < -0.3 is 15.4 Å². The van der Waals surface area contributed by atoms with Crippen LogP contribution in [0.2, 0.25) is 0 Å². The summed E-state index contributed by atoms with van der Waals surface area (Å²) < 4.78 is 5.49. The molecule has 1 rings (SSSR count). The van der Waals surface area contributed by atoms with Crippen molar-refractivity contribution in [2.24, 2.45) is 5.92 Å². The van der Waals surface area contributed by atoms with E-state index in [1.54, 1.807) is 30.1 Å². The van der Waals surface area contributed by atoms with E-state index >= 15 is 0 Å². The Bertz CT molecular complexity index is 430. The fourth-order valence-electron chi connectivity index (χ4n) is 1.80. The Hall–Kier alpha value is -1.71. The summed E-state index contributed by atoms with van der Waals surface area (Å²) >= 11 is 0. The zero-order valence-electron chi connectivity index (χ0n) is 12.3. The topological polar surface area (TPSA) is 55.6 Å². The third kappa shape index (κ3) is 4.16. The molecule has 0 aliphatic heterocycles. The van der Waals surface area contributed by atoms with Crippen molar-refractivity contribution in [3.8, 4) is 5.75 Å². The molecule has 0 unspecified atom stereocenters. The van der Waals surface area contributed by atoms with Crippen molar-refractivity contribution in [1.82, 2.24) is 4.90 Å². The molecule has 0 saturated carbocycles. The number of anilines is 1. The molecule has 0 fully saturated rings. The molecule has 0 aromatic heterocycles. The first-order valence-electron chi connectivity index (χ1n) is 6.74. The Kier molecular flexibility index (Phi) is 5.67. The maximum absolute atomic E-state index is 12.4. The molecule has 19 heavy (non-hydrogen) atoms. The SMILES string of the molecule is CCOc1cccc(N)c1C(=O)N(C)CCC(C)C. The van der Waals surface area contributed by atoms with Gasteiger partial charge in [0.2, 0.25) is 0 Å². The average molecular weight is 264 g/mol. The van der Waals surface area contributed by atoms with Crippen LogP contribution in [0.15, 0.2) is 18.2 Å². The van der Waals surface area contributed by atoms with Crippen molar-refractivity contribution in [2.45, 2.75) is 27.2 Å². The van der Waals surface area contributed by atoms with Crippen LogP contribution in [0.4, 0.5) is 5.69 Å². The smallest absolute Gasteiger partial charge is 0.259 e. The minimum Gasteiger partial charge on any atom is -0.493 e. The van der Waals surface area contributed by atoms with Crippen LogP contribution in [0.5, 0.6) is 5.75 Å². The van der Waals surface area contributed by atoms with Gasteiger partial charge in [0.1, 0.15) is 11.3 Å². The van der Waals surface area contributed by atoms with E-state index in [9.17, 15) is 4.79 Å². The molecular weight excluding hydrogens is 240 g/mol. The molecule has 1 amide bonds. The third-order valence-electron chi connectivity index (χ3n) is 2.96. The van der Waals surface area contributed by atoms with Crippen LogP contribution >= 0.6 is 0 Å². The molecule has 0 atom stereocenters. The van der Waals surface area contributed by atoms with E-state index in [0.717, 1.165) is 13.0 Å². The van der Waals surface area contributed by atoms with Gasteiger partial charge in [-0.1, -0.05) is 19.9 Å². The lowest BCUT2D eigenvalue weighted by Crippen LogP contribution is -2.29. The molecule has 2 N–H and O–H groups in total. The number of ether oxygens (including phenoxy) is 1. The second kappa shape index (κ2) is 7.02. The highest BCUT2D eigenvalue weighted by Crippen LogP contribution is 2.26. The van der Waals surface area contributed by atoms with Gasteiger partial charge in [-0.3, -0.25) is 4.79 Å². The van der Waals surface area contributed by atoms with Gasteiger partial charge >= 0.3 is 0 Å². The summed E-state index contributed by atoms with van der Waals surface area (Å²) in [6, 6.07) is 5.31. The number of nitrogens with zero attached hydrogens (tertiary/aromatic N) is 1. The number of nitrogens with two attached hydrogens (primary N) is 1. The van der Waals surface area contributed by atoms with Crippen LogP contribution < -0.4 is 10.5 Å². The maximum atomic E-state index is 12.4. The van der Waals surface area contributed by atoms with Crippen LogP contribution in [0.1, 0.15) is 37.6 Å². The van der Waals surface area contributed by atoms with Gasteiger partial charge in [0.15, 0.2) is 0 Å². The van der Waals surface area contributed by atoms with E-state index in [2.05, 4.69) is 13.8 Å². The second-order valence-electron chi connectivity index (χ2n) is 5.06. The molecule has 4 nitrogen and oxygen atoms in total. The number of carbonyl (C=O) groups excluding carboxylic acids is 1. The number of rotatable bonds is 6. The number of hydrogen-bond donors (Lipinski definition) is 1. The summed E-state index contributed by atoms with van der Waals surface area (Å²) in [6.07, 6.45) is 0.971. The average Bonchev–Trinajstić information content (AvgIpc) is 2.36. The zero-order valence-corrected chi connectivity index (χ0v) is 12.3. The second-order valence-corrected chi connectivity index (χ2v) is 5.06. The van der Waals surface area contributed by atoms with Gasteiger partial charge in [-0.05, 0) is 31.4 Å². The minimum absolute atomic E-state index is 0.0813. The molecule has 4 heteroatoms. The Morgan fingerprint density at radius 2 is 2.11 bits per heavy atom. The quantitative estimate of drug-likeness (QED) is 0.804. The van der Waals surface area contributed by atoms with E-state index in [4.69, 9.17) is 10.5 Å². The summed E-state index contributed by atoms with van der Waals surface area (Å²) in [6.45, 7) is 7.40. The number of nitrogen functional groups attached to an aromatic ring is 1. The Balaban J connectivity index is 2.91. The highest BCUT2D eigenvalue weighted by molar-refractivity contribution is 6.01. The van der Waals surface area contributed by atoms with Crippen LogP contribution in [0.3, 0.4) is 0 Å². The molecule has 1 aromatic carbocycles. The van der Waals surface area contributed by atoms with Crippen LogP contribution in [-0.4, -0.2) is 31.0 Å². The van der Waals surface area contributed by atoms with Crippen molar-refractivity contribution < 1.29 is 9.53 Å². The van der Waals surface area contributed by atoms with Crippen LogP contribution in [0, 0.1) is 5.92 Å². The molecule has 0 radical (unpaired) electrons. The predicted octanol–water partition coefficient (Wildman–Crippen LogP) is 2.79. The van der Waals surface area contributed by atoms with E-state index in [-0.39, 0.29) is 5.91 Å². The molecular formula is C15H24N2O2. The molecule has 106 valence electrons. The highest BCUT2D eigenvalue weighted by Gasteiger charge is 2.19. The van der Waals surface area contributed by atoms with Crippen molar-refractivity contribution in [3.05, 3.63) is 23.8 Å². The number of amides is 1. The first-order valence-corrected chi connectivity index (χ1v) is 6.74. The van der Waals surface area contributed by atoms with E-state index in [0.29, 0.717) is 29.5 Å². The molecule has 0 aliphatic carbocycles. The van der Waals surface area contributed by atoms with Gasteiger partial charge in [0.05, 0.1) is 6.61 Å². The summed E-state index contributed by atoms with van der Waals surface area (Å²) in [5, 5.41) is 0. The van der Waals surface area contributed by atoms with Gasteiger partial charge in [-0.15, -0.1) is 0 Å². The first-order chi connectivity index (χ1) is 8.97. The molecule has 0 spiro atoms. The molecule has 0 saturated heterocycles. The van der Waals surface area contributed by atoms with Crippen LogP contribution in [0.25, 0.3) is 0 Å². The molecule has 0 aliphatic rings. The number of carbonyl (C=O) groups is 1. The lowest BCUT2D eigenvalue weighted by atomic mass is 10.1. The fraction of sp³-hybridized carbons (Fsp3) is 0.533. The van der Waals surface area contributed by atoms with Gasteiger partial charge in [0, 0.05) is 19.3 Å². The maximum Gasteiger partial charge on any atom is 0.259 e. The lowest BCUT2D eigenvalue weighted by molar-refractivity contribution is 0.0786. The predicted molar refractivity (Wildman–Crippen MR) is 78.4 cm³/mol. The fourth-order valence-corrected chi connectivity index (χ4v) is 1.80. The molecule has 1 aromatic rings. The zero-order chi connectivity index (χ0) is 14.4. The van der Waals surface area contributed by atoms with Crippen LogP contribution in [-0.2, 0) is 0 Å². The number of benzene rings is 1. The van der Waals surface area contributed by atoms with Crippen molar-refractivity contribution in [2.75, 3.05) is 25.9 Å². The van der Waals surface area contributed by atoms with Gasteiger partial charge in [-0.25, -0.2) is 0 Å². The minimum atomic E-state index is -0.0813. The summed E-state index contributed by atoms with van der Waals surface area (Å²) in [5.41, 5.74) is 6.85.